The van der Waals surface area contributed by atoms with Gasteiger partial charge in [0, 0.05) is 42.6 Å². The summed E-state index contributed by atoms with van der Waals surface area (Å²) < 4.78 is 5.69. The van der Waals surface area contributed by atoms with Crippen molar-refractivity contribution in [3.05, 3.63) is 58.3 Å². The molecule has 1 aromatic rings. The average molecular weight is 527 g/mol. The number of aliphatic hydroxyl groups is 1. The van der Waals surface area contributed by atoms with Gasteiger partial charge in [-0.3, -0.25) is 28.9 Å². The largest absolute Gasteiger partial charge is 0.400 e. The molecule has 0 saturated carbocycles. The summed E-state index contributed by atoms with van der Waals surface area (Å²) >= 11 is 0. The number of nitrogens with one attached hydrogen (secondary N) is 2. The maximum atomic E-state index is 12.5. The molecule has 38 heavy (non-hydrogen) atoms. The number of ether oxygens (including phenoxy) is 1. The van der Waals surface area contributed by atoms with Gasteiger partial charge < -0.3 is 25.3 Å². The zero-order valence-corrected chi connectivity index (χ0v) is 21.3. The molecule has 202 valence electrons. The predicted octanol–water partition coefficient (Wildman–Crippen LogP) is -0.163. The number of benzene rings is 1. The number of rotatable bonds is 8. The first kappa shape index (κ1) is 30.1. The monoisotopic (exact) mass is 526 g/mol. The first-order valence-corrected chi connectivity index (χ1v) is 11.6. The molecule has 1 heterocycles. The predicted molar refractivity (Wildman–Crippen MR) is 135 cm³/mol. The molecule has 0 spiro atoms. The summed E-state index contributed by atoms with van der Waals surface area (Å²) in [7, 11) is 2.42. The second-order valence-electron chi connectivity index (χ2n) is 8.06. The van der Waals surface area contributed by atoms with Gasteiger partial charge in [0.25, 0.3) is 11.8 Å². The number of allylic oxidation sites excluding steroid dienone is 2. The second-order valence-corrected chi connectivity index (χ2v) is 8.06. The number of nitrogens with two attached hydrogens (primary N) is 1. The highest BCUT2D eigenvalue weighted by Gasteiger charge is 2.29. The van der Waals surface area contributed by atoms with Crippen LogP contribution in [0.2, 0.25) is 0 Å². The third-order valence-corrected chi connectivity index (χ3v) is 5.63. The van der Waals surface area contributed by atoms with Crippen LogP contribution >= 0.6 is 0 Å². The topological polar surface area (TPSA) is 177 Å². The number of hydrogen-bond acceptors (Lipinski definition) is 9. The van der Waals surface area contributed by atoms with E-state index in [9.17, 15) is 24.0 Å². The summed E-state index contributed by atoms with van der Waals surface area (Å²) in [6, 6.07) is 4.26. The van der Waals surface area contributed by atoms with E-state index in [0.29, 0.717) is 24.8 Å². The van der Waals surface area contributed by atoms with E-state index in [2.05, 4.69) is 27.3 Å². The highest BCUT2D eigenvalue weighted by atomic mass is 16.6. The molecule has 0 aromatic heterocycles. The maximum absolute atomic E-state index is 12.5. The number of ketones is 2. The minimum Gasteiger partial charge on any atom is -0.400 e. The number of nitrogens with zero attached hydrogens (tertiary/aromatic N) is 1. The van der Waals surface area contributed by atoms with Crippen LogP contribution < -0.4 is 16.5 Å². The lowest BCUT2D eigenvalue weighted by molar-refractivity contribution is -0.128. The van der Waals surface area contributed by atoms with Crippen LogP contribution in [0.15, 0.2) is 41.6 Å². The maximum Gasteiger partial charge on any atom is 0.261 e. The Bertz CT molecular complexity index is 1210. The molecular weight excluding hydrogens is 496 g/mol. The van der Waals surface area contributed by atoms with Gasteiger partial charge in [-0.05, 0) is 44.0 Å². The molecule has 2 unspecified atom stereocenters. The number of amides is 3. The summed E-state index contributed by atoms with van der Waals surface area (Å²) in [6.45, 7) is 1.62. The van der Waals surface area contributed by atoms with Crippen LogP contribution in [0.25, 0.3) is 0 Å². The summed E-state index contributed by atoms with van der Waals surface area (Å²) in [5, 5.41) is 12.0. The van der Waals surface area contributed by atoms with Gasteiger partial charge in [0.2, 0.25) is 6.41 Å². The molecular formula is C26H30N4O8. The lowest BCUT2D eigenvalue weighted by Crippen LogP contribution is -2.32. The Hall–Kier alpha value is -4.15. The van der Waals surface area contributed by atoms with Gasteiger partial charge in [-0.2, -0.15) is 0 Å². The Morgan fingerprint density at radius 2 is 2.00 bits per heavy atom. The highest BCUT2D eigenvalue weighted by molar-refractivity contribution is 6.24. The Morgan fingerprint density at radius 3 is 2.66 bits per heavy atom. The lowest BCUT2D eigenvalue weighted by atomic mass is 9.89. The van der Waals surface area contributed by atoms with Crippen molar-refractivity contribution in [3.63, 3.8) is 0 Å². The van der Waals surface area contributed by atoms with Crippen LogP contribution in [-0.2, 0) is 19.2 Å². The molecule has 0 bridgehead atoms. The second kappa shape index (κ2) is 14.6. The van der Waals surface area contributed by atoms with E-state index in [1.165, 1.54) is 42.4 Å². The van der Waals surface area contributed by atoms with Crippen molar-refractivity contribution in [1.82, 2.24) is 15.5 Å². The minimum atomic E-state index is -0.596. The summed E-state index contributed by atoms with van der Waals surface area (Å²) in [5.74, 6) is 8.75. The van der Waals surface area contributed by atoms with E-state index in [1.807, 2.05) is 0 Å². The highest BCUT2D eigenvalue weighted by Crippen LogP contribution is 2.23. The number of carbonyl (C=O) groups is 5. The van der Waals surface area contributed by atoms with Crippen LogP contribution in [0.1, 0.15) is 50.8 Å². The van der Waals surface area contributed by atoms with Gasteiger partial charge in [-0.15, -0.1) is 0 Å². The normalized spacial score (nSPS) is 18.1. The molecule has 0 radical (unpaired) electrons. The van der Waals surface area contributed by atoms with Crippen molar-refractivity contribution < 1.29 is 38.7 Å². The molecule has 1 aromatic carbocycles. The van der Waals surface area contributed by atoms with Crippen molar-refractivity contribution in [1.29, 1.82) is 0 Å². The summed E-state index contributed by atoms with van der Waals surface area (Å²) in [5.41, 5.74) is 0.938. The number of carbonyl (C=O) groups excluding carboxylic acids is 5. The van der Waals surface area contributed by atoms with E-state index in [-0.39, 0.29) is 53.1 Å². The van der Waals surface area contributed by atoms with E-state index < -0.39 is 18.0 Å². The first-order valence-electron chi connectivity index (χ1n) is 11.6. The fourth-order valence-corrected chi connectivity index (χ4v) is 3.75. The van der Waals surface area contributed by atoms with E-state index >= 15 is 0 Å². The molecule has 2 atom stereocenters. The molecule has 1 saturated heterocycles. The van der Waals surface area contributed by atoms with Crippen LogP contribution in [0.4, 0.5) is 0 Å². The van der Waals surface area contributed by atoms with E-state index in [0.717, 1.165) is 7.11 Å². The van der Waals surface area contributed by atoms with Crippen LogP contribution in [0.5, 0.6) is 0 Å². The van der Waals surface area contributed by atoms with Crippen LogP contribution in [-0.4, -0.2) is 79.4 Å². The molecule has 1 aliphatic carbocycles. The molecule has 1 aliphatic heterocycles. The lowest BCUT2D eigenvalue weighted by Gasteiger charge is -2.21. The number of hydrogen-bond donors (Lipinski definition) is 4. The Balaban J connectivity index is 0.00000247. The summed E-state index contributed by atoms with van der Waals surface area (Å²) in [6.07, 6.45) is 3.35. The SMILES string of the molecule is CNC(=O)/C(C#CCNC(=O)c1ccc2c(c1)C(=O)C=C(C)C2=O)=C\N(C=O)C1CCC(CON)O1.CO. The standard InChI is InChI=1S/C25H26N4O7.CH4O/c1-15-10-21(31)20-11-16(5-7-19(20)23(15)32)25(34)28-9-3-4-17(24(33)27-2)12-29(14-30)22-8-6-18(36-22)13-35-26;1-2/h5,7,10-12,14,18,22H,6,8-9,13,26H2,1-2H3,(H,27,33)(H,28,34);2H,1H3/b17-12-;. The third-order valence-electron chi connectivity index (χ3n) is 5.63. The Morgan fingerprint density at radius 1 is 1.26 bits per heavy atom. The van der Waals surface area contributed by atoms with Gasteiger partial charge in [0.05, 0.1) is 19.3 Å². The fourth-order valence-electron chi connectivity index (χ4n) is 3.75. The molecule has 2 aliphatic rings. The van der Waals surface area contributed by atoms with Gasteiger partial charge in [-0.25, -0.2) is 5.90 Å². The van der Waals surface area contributed by atoms with Gasteiger partial charge >= 0.3 is 0 Å². The van der Waals surface area contributed by atoms with Crippen molar-refractivity contribution >= 4 is 29.8 Å². The van der Waals surface area contributed by atoms with Crippen molar-refractivity contribution in [2.75, 3.05) is 27.3 Å². The number of Topliss-reactive ketones (excluding diaryl/α,β-unsaturated/α-hetero) is 1. The van der Waals surface area contributed by atoms with E-state index in [1.54, 1.807) is 6.92 Å². The van der Waals surface area contributed by atoms with Crippen LogP contribution in [0.3, 0.4) is 0 Å². The molecule has 12 nitrogen and oxygen atoms in total. The zero-order valence-electron chi connectivity index (χ0n) is 21.3. The average Bonchev–Trinajstić information content (AvgIpc) is 3.40. The number of likely N-dealkylation sites (N-methyl/N-ethyl adjacent to an activating group) is 1. The molecule has 5 N–H and O–H groups in total. The fraction of sp³-hybridized carbons (Fsp3) is 0.346. The van der Waals surface area contributed by atoms with Gasteiger partial charge in [0.15, 0.2) is 11.6 Å². The van der Waals surface area contributed by atoms with Crippen molar-refractivity contribution in [3.8, 4) is 11.8 Å². The molecule has 12 heteroatoms. The van der Waals surface area contributed by atoms with Crippen molar-refractivity contribution in [2.45, 2.75) is 32.1 Å². The summed E-state index contributed by atoms with van der Waals surface area (Å²) in [4.78, 5) is 66.6. The smallest absolute Gasteiger partial charge is 0.261 e. The minimum absolute atomic E-state index is 0.0129. The van der Waals surface area contributed by atoms with Gasteiger partial charge in [-0.1, -0.05) is 11.8 Å². The van der Waals surface area contributed by atoms with Crippen LogP contribution in [0, 0.1) is 11.8 Å². The first-order chi connectivity index (χ1) is 18.3. The number of fused-ring (bicyclic) bond motifs is 1. The quantitative estimate of drug-likeness (QED) is 0.155. The molecule has 3 rings (SSSR count). The Labute approximate surface area is 219 Å². The van der Waals surface area contributed by atoms with Crippen molar-refractivity contribution in [2.24, 2.45) is 5.90 Å². The molecule has 3 amide bonds. The van der Waals surface area contributed by atoms with E-state index in [4.69, 9.17) is 15.7 Å². The van der Waals surface area contributed by atoms with Gasteiger partial charge in [0.1, 0.15) is 11.8 Å². The molecule has 1 fully saturated rings. The zero-order chi connectivity index (χ0) is 28.2. The Kier molecular flexibility index (Phi) is 11.5. The number of aliphatic hydroxyl groups excluding tert-OH is 1. The third kappa shape index (κ3) is 7.44.